The molecule has 8 heteroatoms. The molecule has 1 aromatic heterocycles. The van der Waals surface area contributed by atoms with Crippen LogP contribution in [0.4, 0.5) is 0 Å². The van der Waals surface area contributed by atoms with Crippen LogP contribution in [0, 0.1) is 0 Å². The number of nitrogens with two attached hydrogens (primary N) is 2. The molecule has 0 saturated carbocycles. The third-order valence-corrected chi connectivity index (χ3v) is 1.82. The van der Waals surface area contributed by atoms with Crippen molar-refractivity contribution in [3.8, 4) is 0 Å². The average Bonchev–Trinajstić information content (AvgIpc) is 2.37. The fraction of sp³-hybridized carbons (Fsp3) is 0.400. The molecule has 18 heavy (non-hydrogen) atoms. The standard InChI is InChI=1S/C5H4N2O2.C5H12N2O2/c8-5(9)4-3-6-1-2-7-4;6-3-1-2-4(7)5(8)9/h1-3H,(H,8,9);4H,1-3,6-7H2,(H,8,9)/t;4-/m.0/s1. The van der Waals surface area contributed by atoms with Crippen LogP contribution in [0.15, 0.2) is 18.6 Å². The molecule has 8 nitrogen and oxygen atoms in total. The molecule has 1 atom stereocenters. The molecule has 0 amide bonds. The summed E-state index contributed by atoms with van der Waals surface area (Å²) in [5.41, 5.74) is 10.2. The summed E-state index contributed by atoms with van der Waals surface area (Å²) in [6.45, 7) is 0.501. The Kier molecular flexibility index (Phi) is 7.99. The highest BCUT2D eigenvalue weighted by molar-refractivity contribution is 5.84. The molecule has 0 aliphatic heterocycles. The van der Waals surface area contributed by atoms with Crippen LogP contribution in [0.25, 0.3) is 0 Å². The number of aliphatic carboxylic acids is 1. The lowest BCUT2D eigenvalue weighted by atomic mass is 10.2. The van der Waals surface area contributed by atoms with Gasteiger partial charge in [-0.3, -0.25) is 9.78 Å². The molecule has 0 aliphatic rings. The Hall–Kier alpha value is -2.06. The summed E-state index contributed by atoms with van der Waals surface area (Å²) in [6, 6.07) is -0.742. The van der Waals surface area contributed by atoms with E-state index in [1.54, 1.807) is 0 Å². The molecule has 0 radical (unpaired) electrons. The minimum atomic E-state index is -1.05. The first-order chi connectivity index (χ1) is 8.49. The van der Waals surface area contributed by atoms with Crippen LogP contribution in [0.5, 0.6) is 0 Å². The Bertz CT molecular complexity index is 371. The van der Waals surface area contributed by atoms with E-state index in [9.17, 15) is 9.59 Å². The molecule has 0 aliphatic carbocycles. The van der Waals surface area contributed by atoms with Gasteiger partial charge in [-0.25, -0.2) is 9.78 Å². The number of hydrogen-bond donors (Lipinski definition) is 4. The normalized spacial score (nSPS) is 11.0. The number of carboxylic acids is 2. The first kappa shape index (κ1) is 15.9. The summed E-state index contributed by atoms with van der Waals surface area (Å²) in [7, 11) is 0. The third-order valence-electron chi connectivity index (χ3n) is 1.82. The van der Waals surface area contributed by atoms with Crippen LogP contribution in [-0.2, 0) is 4.79 Å². The van der Waals surface area contributed by atoms with Gasteiger partial charge in [-0.2, -0.15) is 0 Å². The Morgan fingerprint density at radius 2 is 2.00 bits per heavy atom. The number of carbonyl (C=O) groups is 2. The summed E-state index contributed by atoms with van der Waals surface area (Å²) in [6.07, 6.45) is 5.09. The zero-order valence-electron chi connectivity index (χ0n) is 9.69. The third kappa shape index (κ3) is 7.25. The summed E-state index contributed by atoms with van der Waals surface area (Å²) < 4.78 is 0. The summed E-state index contributed by atoms with van der Waals surface area (Å²) >= 11 is 0. The minimum Gasteiger partial charge on any atom is -0.480 e. The number of carboxylic acid groups (broad SMARTS) is 2. The Labute approximate surface area is 104 Å². The van der Waals surface area contributed by atoms with Gasteiger partial charge in [0, 0.05) is 12.4 Å². The van der Waals surface area contributed by atoms with E-state index in [0.29, 0.717) is 19.4 Å². The van der Waals surface area contributed by atoms with Crippen molar-refractivity contribution in [3.05, 3.63) is 24.3 Å². The monoisotopic (exact) mass is 256 g/mol. The molecule has 0 saturated heterocycles. The first-order valence-corrected chi connectivity index (χ1v) is 5.16. The number of nitrogens with zero attached hydrogens (tertiary/aromatic N) is 2. The molecule has 0 fully saturated rings. The minimum absolute atomic E-state index is 0.0301. The molecule has 0 bridgehead atoms. The lowest BCUT2D eigenvalue weighted by Gasteiger charge is -2.02. The highest BCUT2D eigenvalue weighted by atomic mass is 16.4. The maximum Gasteiger partial charge on any atom is 0.356 e. The lowest BCUT2D eigenvalue weighted by Crippen LogP contribution is -2.30. The van der Waals surface area contributed by atoms with Gasteiger partial charge in [-0.05, 0) is 19.4 Å². The number of aromatic nitrogens is 2. The van der Waals surface area contributed by atoms with Gasteiger partial charge in [-0.1, -0.05) is 0 Å². The molecular formula is C10H16N4O4. The topological polar surface area (TPSA) is 152 Å². The van der Waals surface area contributed by atoms with Crippen molar-refractivity contribution in [1.82, 2.24) is 9.97 Å². The fourth-order valence-electron chi connectivity index (χ4n) is 0.871. The second-order valence-corrected chi connectivity index (χ2v) is 3.27. The van der Waals surface area contributed by atoms with Crippen molar-refractivity contribution in [2.45, 2.75) is 18.9 Å². The van der Waals surface area contributed by atoms with Crippen molar-refractivity contribution < 1.29 is 19.8 Å². The fourth-order valence-corrected chi connectivity index (χ4v) is 0.871. The molecule has 0 aromatic carbocycles. The van der Waals surface area contributed by atoms with Crippen LogP contribution >= 0.6 is 0 Å². The van der Waals surface area contributed by atoms with E-state index in [1.165, 1.54) is 18.6 Å². The molecule has 1 rings (SSSR count). The van der Waals surface area contributed by atoms with Crippen molar-refractivity contribution in [1.29, 1.82) is 0 Å². The van der Waals surface area contributed by atoms with E-state index in [1.807, 2.05) is 0 Å². The SMILES string of the molecule is NCCC[C@H](N)C(=O)O.O=C(O)c1cnccn1. The van der Waals surface area contributed by atoms with Crippen molar-refractivity contribution in [2.75, 3.05) is 6.54 Å². The van der Waals surface area contributed by atoms with Crippen molar-refractivity contribution in [2.24, 2.45) is 11.5 Å². The van der Waals surface area contributed by atoms with Gasteiger partial charge in [0.25, 0.3) is 0 Å². The van der Waals surface area contributed by atoms with Gasteiger partial charge in [0.15, 0.2) is 5.69 Å². The maximum atomic E-state index is 10.1. The predicted molar refractivity (Wildman–Crippen MR) is 62.9 cm³/mol. The van der Waals surface area contributed by atoms with E-state index in [0.717, 1.165) is 0 Å². The van der Waals surface area contributed by atoms with Crippen LogP contribution in [0.2, 0.25) is 0 Å². The maximum absolute atomic E-state index is 10.1. The summed E-state index contributed by atoms with van der Waals surface area (Å²) in [5.74, 6) is -2.01. The lowest BCUT2D eigenvalue weighted by molar-refractivity contribution is -0.138. The van der Waals surface area contributed by atoms with E-state index in [2.05, 4.69) is 9.97 Å². The Morgan fingerprint density at radius 3 is 2.33 bits per heavy atom. The van der Waals surface area contributed by atoms with Crippen LogP contribution in [-0.4, -0.2) is 44.7 Å². The molecule has 6 N–H and O–H groups in total. The van der Waals surface area contributed by atoms with Gasteiger partial charge in [-0.15, -0.1) is 0 Å². The van der Waals surface area contributed by atoms with Crippen LogP contribution in [0.3, 0.4) is 0 Å². The van der Waals surface area contributed by atoms with Gasteiger partial charge < -0.3 is 21.7 Å². The Balaban J connectivity index is 0.000000321. The first-order valence-electron chi connectivity index (χ1n) is 5.16. The van der Waals surface area contributed by atoms with Crippen LogP contribution < -0.4 is 11.5 Å². The second-order valence-electron chi connectivity index (χ2n) is 3.27. The van der Waals surface area contributed by atoms with Gasteiger partial charge in [0.1, 0.15) is 6.04 Å². The number of rotatable bonds is 5. The van der Waals surface area contributed by atoms with Crippen LogP contribution in [0.1, 0.15) is 23.3 Å². The molecule has 1 aromatic rings. The summed E-state index contributed by atoms with van der Waals surface area (Å²) in [4.78, 5) is 27.2. The smallest absolute Gasteiger partial charge is 0.356 e. The Morgan fingerprint density at radius 1 is 1.33 bits per heavy atom. The highest BCUT2D eigenvalue weighted by Crippen LogP contribution is 1.91. The van der Waals surface area contributed by atoms with Crippen molar-refractivity contribution in [3.63, 3.8) is 0 Å². The van der Waals surface area contributed by atoms with Gasteiger partial charge in [0.2, 0.25) is 0 Å². The molecule has 1 heterocycles. The zero-order valence-corrected chi connectivity index (χ0v) is 9.69. The van der Waals surface area contributed by atoms with E-state index < -0.39 is 18.0 Å². The van der Waals surface area contributed by atoms with Crippen molar-refractivity contribution >= 4 is 11.9 Å². The van der Waals surface area contributed by atoms with E-state index >= 15 is 0 Å². The molecule has 100 valence electrons. The number of hydrogen-bond acceptors (Lipinski definition) is 6. The second kappa shape index (κ2) is 9.02. The predicted octanol–water partition coefficient (Wildman–Crippen LogP) is -0.688. The molecule has 0 unspecified atom stereocenters. The number of aromatic carboxylic acids is 1. The molecule has 0 spiro atoms. The van der Waals surface area contributed by atoms with E-state index in [4.69, 9.17) is 21.7 Å². The zero-order chi connectivity index (χ0) is 14.0. The quantitative estimate of drug-likeness (QED) is 0.540. The highest BCUT2D eigenvalue weighted by Gasteiger charge is 2.08. The van der Waals surface area contributed by atoms with E-state index in [-0.39, 0.29) is 5.69 Å². The summed E-state index contributed by atoms with van der Waals surface area (Å²) in [5, 5.41) is 16.5. The average molecular weight is 256 g/mol. The van der Waals surface area contributed by atoms with Gasteiger partial charge in [0.05, 0.1) is 6.20 Å². The largest absolute Gasteiger partial charge is 0.480 e. The molecular weight excluding hydrogens is 240 g/mol. The van der Waals surface area contributed by atoms with Gasteiger partial charge >= 0.3 is 11.9 Å².